The molecule has 1 heterocycles. The predicted molar refractivity (Wildman–Crippen MR) is 69.2 cm³/mol. The van der Waals surface area contributed by atoms with E-state index in [0.29, 0.717) is 12.2 Å². The van der Waals surface area contributed by atoms with E-state index in [0.717, 1.165) is 17.7 Å². The van der Waals surface area contributed by atoms with Gasteiger partial charge in [-0.15, -0.1) is 0 Å². The van der Waals surface area contributed by atoms with Crippen LogP contribution in [0.1, 0.15) is 21.6 Å². The van der Waals surface area contributed by atoms with Crippen molar-refractivity contribution in [3.63, 3.8) is 0 Å². The molecule has 1 rings (SSSR count). The fraction of sp³-hybridized carbons (Fsp3) is 0.538. The van der Waals surface area contributed by atoms with Gasteiger partial charge < -0.3 is 9.80 Å². The van der Waals surface area contributed by atoms with Crippen LogP contribution in [0.3, 0.4) is 0 Å². The molecule has 1 aromatic heterocycles. The van der Waals surface area contributed by atoms with Crippen molar-refractivity contribution in [3.05, 3.63) is 29.1 Å². The molecule has 0 saturated heterocycles. The number of hydrogen-bond acceptors (Lipinski definition) is 3. The van der Waals surface area contributed by atoms with Crippen LogP contribution in [0, 0.1) is 13.8 Å². The molecule has 17 heavy (non-hydrogen) atoms. The first kappa shape index (κ1) is 13.6. The number of likely N-dealkylation sites (N-methyl/N-ethyl adjacent to an activating group) is 2. The average molecular weight is 235 g/mol. The zero-order chi connectivity index (χ0) is 13.0. The lowest BCUT2D eigenvalue weighted by molar-refractivity contribution is 0.0779. The van der Waals surface area contributed by atoms with E-state index in [4.69, 9.17) is 0 Å². The van der Waals surface area contributed by atoms with Crippen LogP contribution in [-0.2, 0) is 0 Å². The van der Waals surface area contributed by atoms with Crippen LogP contribution >= 0.6 is 0 Å². The SMILES string of the molecule is Cc1cnc(C(=O)N(C)CCN(C)C)c(C)c1. The summed E-state index contributed by atoms with van der Waals surface area (Å²) < 4.78 is 0. The van der Waals surface area contributed by atoms with Crippen molar-refractivity contribution in [1.82, 2.24) is 14.8 Å². The fourth-order valence-electron chi connectivity index (χ4n) is 1.57. The Hall–Kier alpha value is -1.42. The van der Waals surface area contributed by atoms with Crippen LogP contribution < -0.4 is 0 Å². The molecule has 4 nitrogen and oxygen atoms in total. The molecule has 0 atom stereocenters. The van der Waals surface area contributed by atoms with Crippen LogP contribution in [0.4, 0.5) is 0 Å². The van der Waals surface area contributed by atoms with Gasteiger partial charge in [0.1, 0.15) is 5.69 Å². The molecule has 0 spiro atoms. The molecule has 0 radical (unpaired) electrons. The van der Waals surface area contributed by atoms with Crippen molar-refractivity contribution in [3.8, 4) is 0 Å². The molecule has 0 aliphatic rings. The lowest BCUT2D eigenvalue weighted by Crippen LogP contribution is -2.34. The monoisotopic (exact) mass is 235 g/mol. The molecule has 0 aliphatic carbocycles. The van der Waals surface area contributed by atoms with Gasteiger partial charge in [0, 0.05) is 26.3 Å². The minimum atomic E-state index is -0.00986. The van der Waals surface area contributed by atoms with Gasteiger partial charge in [0.25, 0.3) is 5.91 Å². The van der Waals surface area contributed by atoms with E-state index in [1.165, 1.54) is 0 Å². The Labute approximate surface area is 103 Å². The van der Waals surface area contributed by atoms with Gasteiger partial charge in [0.05, 0.1) is 0 Å². The number of hydrogen-bond donors (Lipinski definition) is 0. The number of pyridine rings is 1. The van der Waals surface area contributed by atoms with E-state index in [-0.39, 0.29) is 5.91 Å². The zero-order valence-corrected chi connectivity index (χ0v) is 11.3. The molecule has 0 aromatic carbocycles. The molecule has 0 aliphatic heterocycles. The number of rotatable bonds is 4. The van der Waals surface area contributed by atoms with E-state index in [9.17, 15) is 4.79 Å². The highest BCUT2D eigenvalue weighted by Gasteiger charge is 2.15. The summed E-state index contributed by atoms with van der Waals surface area (Å²) in [6, 6.07) is 1.99. The third-order valence-electron chi connectivity index (χ3n) is 2.65. The quantitative estimate of drug-likeness (QED) is 0.790. The van der Waals surface area contributed by atoms with E-state index in [1.54, 1.807) is 11.1 Å². The highest BCUT2D eigenvalue weighted by Crippen LogP contribution is 2.09. The highest BCUT2D eigenvalue weighted by atomic mass is 16.2. The summed E-state index contributed by atoms with van der Waals surface area (Å²) in [4.78, 5) is 20.1. The van der Waals surface area contributed by atoms with Gasteiger partial charge in [-0.2, -0.15) is 0 Å². The van der Waals surface area contributed by atoms with Gasteiger partial charge in [-0.3, -0.25) is 9.78 Å². The fourth-order valence-corrected chi connectivity index (χ4v) is 1.57. The van der Waals surface area contributed by atoms with Crippen LogP contribution in [0.15, 0.2) is 12.3 Å². The summed E-state index contributed by atoms with van der Waals surface area (Å²) in [6.45, 7) is 5.46. The van der Waals surface area contributed by atoms with E-state index in [1.807, 2.05) is 41.1 Å². The Bertz CT molecular complexity index is 402. The zero-order valence-electron chi connectivity index (χ0n) is 11.3. The van der Waals surface area contributed by atoms with Crippen LogP contribution in [-0.4, -0.2) is 54.9 Å². The second kappa shape index (κ2) is 5.77. The third-order valence-corrected chi connectivity index (χ3v) is 2.65. The minimum Gasteiger partial charge on any atom is -0.339 e. The topological polar surface area (TPSA) is 36.4 Å². The number of amides is 1. The standard InChI is InChI=1S/C13H21N3O/c1-10-8-11(2)12(14-9-10)13(17)16(5)7-6-15(3)4/h8-9H,6-7H2,1-5H3. The van der Waals surface area contributed by atoms with Crippen molar-refractivity contribution in [2.45, 2.75) is 13.8 Å². The van der Waals surface area contributed by atoms with Crippen molar-refractivity contribution in [1.29, 1.82) is 0 Å². The minimum absolute atomic E-state index is 0.00986. The Morgan fingerprint density at radius 1 is 1.24 bits per heavy atom. The maximum absolute atomic E-state index is 12.1. The van der Waals surface area contributed by atoms with Gasteiger partial charge in [-0.25, -0.2) is 0 Å². The van der Waals surface area contributed by atoms with Gasteiger partial charge in [-0.05, 0) is 39.1 Å². The first-order chi connectivity index (χ1) is 7.91. The number of carbonyl (C=O) groups is 1. The molecule has 0 N–H and O–H groups in total. The smallest absolute Gasteiger partial charge is 0.272 e. The second-order valence-corrected chi connectivity index (χ2v) is 4.71. The number of carbonyl (C=O) groups excluding carboxylic acids is 1. The first-order valence-corrected chi connectivity index (χ1v) is 5.75. The molecule has 94 valence electrons. The van der Waals surface area contributed by atoms with Gasteiger partial charge in [0.2, 0.25) is 0 Å². The molecule has 0 saturated carbocycles. The number of aromatic nitrogens is 1. The molecule has 4 heteroatoms. The summed E-state index contributed by atoms with van der Waals surface area (Å²) in [7, 11) is 5.80. The van der Waals surface area contributed by atoms with E-state index < -0.39 is 0 Å². The Kier molecular flexibility index (Phi) is 4.63. The van der Waals surface area contributed by atoms with Crippen LogP contribution in [0.25, 0.3) is 0 Å². The molecule has 0 bridgehead atoms. The molecule has 0 fully saturated rings. The summed E-state index contributed by atoms with van der Waals surface area (Å²) in [5.41, 5.74) is 2.57. The molecule has 1 amide bonds. The average Bonchev–Trinajstić information content (AvgIpc) is 2.25. The van der Waals surface area contributed by atoms with Crippen molar-refractivity contribution < 1.29 is 4.79 Å². The van der Waals surface area contributed by atoms with E-state index in [2.05, 4.69) is 9.88 Å². The summed E-state index contributed by atoms with van der Waals surface area (Å²) >= 11 is 0. The van der Waals surface area contributed by atoms with E-state index >= 15 is 0 Å². The molecule has 1 aromatic rings. The van der Waals surface area contributed by atoms with Crippen molar-refractivity contribution >= 4 is 5.91 Å². The lowest BCUT2D eigenvalue weighted by atomic mass is 10.1. The number of nitrogens with zero attached hydrogens (tertiary/aromatic N) is 3. The summed E-state index contributed by atoms with van der Waals surface area (Å²) in [6.07, 6.45) is 1.74. The van der Waals surface area contributed by atoms with Crippen molar-refractivity contribution in [2.24, 2.45) is 0 Å². The third kappa shape index (κ3) is 3.82. The second-order valence-electron chi connectivity index (χ2n) is 4.71. The molecule has 0 unspecified atom stereocenters. The normalized spacial score (nSPS) is 10.7. The van der Waals surface area contributed by atoms with Gasteiger partial charge >= 0.3 is 0 Å². The maximum Gasteiger partial charge on any atom is 0.272 e. The predicted octanol–water partition coefficient (Wildman–Crippen LogP) is 1.33. The molecular weight excluding hydrogens is 214 g/mol. The Balaban J connectivity index is 2.75. The van der Waals surface area contributed by atoms with Crippen LogP contribution in [0.2, 0.25) is 0 Å². The Morgan fingerprint density at radius 3 is 2.41 bits per heavy atom. The van der Waals surface area contributed by atoms with Gasteiger partial charge in [-0.1, -0.05) is 6.07 Å². The number of aryl methyl sites for hydroxylation is 2. The first-order valence-electron chi connectivity index (χ1n) is 5.75. The largest absolute Gasteiger partial charge is 0.339 e. The molecular formula is C13H21N3O. The van der Waals surface area contributed by atoms with Gasteiger partial charge in [0.15, 0.2) is 0 Å². The van der Waals surface area contributed by atoms with Crippen molar-refractivity contribution in [2.75, 3.05) is 34.2 Å². The lowest BCUT2D eigenvalue weighted by Gasteiger charge is -2.20. The Morgan fingerprint density at radius 2 is 1.88 bits per heavy atom. The summed E-state index contributed by atoms with van der Waals surface area (Å²) in [5, 5.41) is 0. The van der Waals surface area contributed by atoms with Crippen LogP contribution in [0.5, 0.6) is 0 Å². The summed E-state index contributed by atoms with van der Waals surface area (Å²) in [5.74, 6) is -0.00986. The highest BCUT2D eigenvalue weighted by molar-refractivity contribution is 5.93. The maximum atomic E-state index is 12.1.